The lowest BCUT2D eigenvalue weighted by Crippen LogP contribution is -2.58. The highest BCUT2D eigenvalue weighted by Crippen LogP contribution is 2.18. The van der Waals surface area contributed by atoms with Gasteiger partial charge in [0.1, 0.15) is 5.92 Å². The first-order valence-corrected chi connectivity index (χ1v) is 5.24. The van der Waals surface area contributed by atoms with Gasteiger partial charge in [0.05, 0.1) is 0 Å². The largest absolute Gasteiger partial charge is 0.331 e. The summed E-state index contributed by atoms with van der Waals surface area (Å²) in [5.74, 6) is -1.46. The van der Waals surface area contributed by atoms with Crippen molar-refractivity contribution in [1.82, 2.24) is 10.2 Å². The number of amides is 4. The van der Waals surface area contributed by atoms with Crippen LogP contribution in [0.1, 0.15) is 20.3 Å². The fourth-order valence-electron chi connectivity index (χ4n) is 1.64. The SMILES string of the molecule is C=CCN1C(=O)NC(=O)C(CC(C)C)C1=O. The Kier molecular flexibility index (Phi) is 3.82. The third-order valence-corrected chi connectivity index (χ3v) is 2.37. The second-order valence-corrected chi connectivity index (χ2v) is 4.21. The fraction of sp³-hybridized carbons (Fsp3) is 0.545. The lowest BCUT2D eigenvalue weighted by atomic mass is 9.94. The summed E-state index contributed by atoms with van der Waals surface area (Å²) in [6, 6.07) is -0.657. The molecule has 1 aliphatic rings. The molecule has 5 nitrogen and oxygen atoms in total. The summed E-state index contributed by atoms with van der Waals surface area (Å²) in [6.45, 7) is 7.45. The molecule has 0 spiro atoms. The zero-order chi connectivity index (χ0) is 12.3. The third kappa shape index (κ3) is 2.48. The molecular weight excluding hydrogens is 208 g/mol. The van der Waals surface area contributed by atoms with Crippen molar-refractivity contribution >= 4 is 17.8 Å². The minimum absolute atomic E-state index is 0.131. The summed E-state index contributed by atoms with van der Waals surface area (Å²) >= 11 is 0. The maximum Gasteiger partial charge on any atom is 0.331 e. The minimum Gasteiger partial charge on any atom is -0.277 e. The number of urea groups is 1. The van der Waals surface area contributed by atoms with Gasteiger partial charge in [-0.2, -0.15) is 0 Å². The van der Waals surface area contributed by atoms with Crippen LogP contribution >= 0.6 is 0 Å². The second kappa shape index (κ2) is 4.92. The number of hydrogen-bond acceptors (Lipinski definition) is 3. The Hall–Kier alpha value is -1.65. The van der Waals surface area contributed by atoms with E-state index in [1.165, 1.54) is 6.08 Å². The Morgan fingerprint density at radius 3 is 2.56 bits per heavy atom. The summed E-state index contributed by atoms with van der Waals surface area (Å²) in [5.41, 5.74) is 0. The van der Waals surface area contributed by atoms with E-state index in [1.54, 1.807) is 0 Å². The topological polar surface area (TPSA) is 66.5 Å². The van der Waals surface area contributed by atoms with E-state index < -0.39 is 23.8 Å². The van der Waals surface area contributed by atoms with Crippen LogP contribution in [0, 0.1) is 11.8 Å². The highest BCUT2D eigenvalue weighted by Gasteiger charge is 2.39. The van der Waals surface area contributed by atoms with Crippen molar-refractivity contribution < 1.29 is 14.4 Å². The molecule has 0 aromatic carbocycles. The molecule has 1 atom stereocenters. The predicted molar refractivity (Wildman–Crippen MR) is 58.4 cm³/mol. The molecule has 0 aromatic heterocycles. The number of carbonyl (C=O) groups excluding carboxylic acids is 3. The van der Waals surface area contributed by atoms with Crippen LogP contribution in [0.3, 0.4) is 0 Å². The Morgan fingerprint density at radius 1 is 1.44 bits per heavy atom. The molecule has 0 radical (unpaired) electrons. The monoisotopic (exact) mass is 224 g/mol. The zero-order valence-corrected chi connectivity index (χ0v) is 9.53. The Morgan fingerprint density at radius 2 is 2.06 bits per heavy atom. The number of nitrogens with zero attached hydrogens (tertiary/aromatic N) is 1. The van der Waals surface area contributed by atoms with Crippen LogP contribution in [0.4, 0.5) is 4.79 Å². The normalized spacial score (nSPS) is 21.3. The standard InChI is InChI=1S/C11H16N2O3/c1-4-5-13-10(15)8(6-7(2)3)9(14)12-11(13)16/h4,7-8H,1,5-6H2,2-3H3,(H,12,14,16). The first kappa shape index (κ1) is 12.4. The highest BCUT2D eigenvalue weighted by molar-refractivity contribution is 6.16. The van der Waals surface area contributed by atoms with Crippen molar-refractivity contribution in [2.24, 2.45) is 11.8 Å². The van der Waals surface area contributed by atoms with Crippen molar-refractivity contribution in [3.63, 3.8) is 0 Å². The molecule has 0 aromatic rings. The van der Waals surface area contributed by atoms with Crippen LogP contribution in [0.25, 0.3) is 0 Å². The van der Waals surface area contributed by atoms with E-state index in [4.69, 9.17) is 0 Å². The Bertz CT molecular complexity index is 336. The van der Waals surface area contributed by atoms with Gasteiger partial charge in [0.25, 0.3) is 0 Å². The molecule has 1 unspecified atom stereocenters. The molecule has 5 heteroatoms. The molecule has 0 saturated carbocycles. The van der Waals surface area contributed by atoms with Gasteiger partial charge in [-0.1, -0.05) is 19.9 Å². The minimum atomic E-state index is -0.752. The van der Waals surface area contributed by atoms with Crippen LogP contribution in [-0.2, 0) is 9.59 Å². The number of nitrogens with one attached hydrogen (secondary N) is 1. The average molecular weight is 224 g/mol. The van der Waals surface area contributed by atoms with Gasteiger partial charge in [-0.05, 0) is 12.3 Å². The molecule has 0 aliphatic carbocycles. The van der Waals surface area contributed by atoms with Crippen molar-refractivity contribution in [2.45, 2.75) is 20.3 Å². The third-order valence-electron chi connectivity index (χ3n) is 2.37. The molecule has 1 heterocycles. The van der Waals surface area contributed by atoms with Gasteiger partial charge in [0.15, 0.2) is 0 Å². The van der Waals surface area contributed by atoms with E-state index in [0.29, 0.717) is 6.42 Å². The average Bonchev–Trinajstić information content (AvgIpc) is 2.19. The molecule has 16 heavy (non-hydrogen) atoms. The lowest BCUT2D eigenvalue weighted by Gasteiger charge is -2.30. The quantitative estimate of drug-likeness (QED) is 0.570. The molecule has 1 rings (SSSR count). The van der Waals surface area contributed by atoms with Gasteiger partial charge in [0.2, 0.25) is 11.8 Å². The molecule has 0 bridgehead atoms. The van der Waals surface area contributed by atoms with Crippen LogP contribution in [0.5, 0.6) is 0 Å². The zero-order valence-electron chi connectivity index (χ0n) is 9.53. The second-order valence-electron chi connectivity index (χ2n) is 4.21. The lowest BCUT2D eigenvalue weighted by molar-refractivity contribution is -0.142. The number of hydrogen-bond donors (Lipinski definition) is 1. The Labute approximate surface area is 94.5 Å². The Balaban J connectivity index is 2.85. The van der Waals surface area contributed by atoms with Gasteiger partial charge in [-0.3, -0.25) is 19.8 Å². The molecule has 1 fully saturated rings. The smallest absolute Gasteiger partial charge is 0.277 e. The summed E-state index contributed by atoms with van der Waals surface area (Å²) in [7, 11) is 0. The molecular formula is C11H16N2O3. The van der Waals surface area contributed by atoms with Gasteiger partial charge < -0.3 is 0 Å². The number of barbiturate groups is 1. The van der Waals surface area contributed by atoms with E-state index in [9.17, 15) is 14.4 Å². The number of rotatable bonds is 4. The van der Waals surface area contributed by atoms with Gasteiger partial charge in [0, 0.05) is 6.54 Å². The maximum absolute atomic E-state index is 11.9. The van der Waals surface area contributed by atoms with Crippen molar-refractivity contribution in [3.05, 3.63) is 12.7 Å². The van der Waals surface area contributed by atoms with Gasteiger partial charge in [-0.15, -0.1) is 6.58 Å². The van der Waals surface area contributed by atoms with E-state index in [-0.39, 0.29) is 12.5 Å². The summed E-state index contributed by atoms with van der Waals surface area (Å²) in [6.07, 6.45) is 1.91. The molecule has 1 N–H and O–H groups in total. The van der Waals surface area contributed by atoms with Crippen LogP contribution < -0.4 is 5.32 Å². The molecule has 1 aliphatic heterocycles. The summed E-state index contributed by atoms with van der Waals surface area (Å²) in [4.78, 5) is 35.7. The molecule has 4 amide bonds. The van der Waals surface area contributed by atoms with Crippen molar-refractivity contribution in [1.29, 1.82) is 0 Å². The first-order chi connectivity index (χ1) is 7.47. The fourth-order valence-corrected chi connectivity index (χ4v) is 1.64. The predicted octanol–water partition coefficient (Wildman–Crippen LogP) is 0.913. The van der Waals surface area contributed by atoms with E-state index in [1.807, 2.05) is 13.8 Å². The van der Waals surface area contributed by atoms with Crippen molar-refractivity contribution in [2.75, 3.05) is 6.54 Å². The van der Waals surface area contributed by atoms with Crippen LogP contribution in [0.2, 0.25) is 0 Å². The van der Waals surface area contributed by atoms with Gasteiger partial charge in [-0.25, -0.2) is 4.79 Å². The maximum atomic E-state index is 11.9. The van der Waals surface area contributed by atoms with Crippen LogP contribution in [-0.4, -0.2) is 29.3 Å². The molecule has 1 saturated heterocycles. The summed E-state index contributed by atoms with van der Waals surface area (Å²) < 4.78 is 0. The number of imide groups is 2. The number of carbonyl (C=O) groups is 3. The van der Waals surface area contributed by atoms with Gasteiger partial charge >= 0.3 is 6.03 Å². The van der Waals surface area contributed by atoms with E-state index >= 15 is 0 Å². The highest BCUT2D eigenvalue weighted by atomic mass is 16.2. The van der Waals surface area contributed by atoms with E-state index in [2.05, 4.69) is 11.9 Å². The first-order valence-electron chi connectivity index (χ1n) is 5.24. The molecule has 88 valence electrons. The van der Waals surface area contributed by atoms with Crippen molar-refractivity contribution in [3.8, 4) is 0 Å². The summed E-state index contributed by atoms with van der Waals surface area (Å²) in [5, 5.41) is 2.18. The van der Waals surface area contributed by atoms with E-state index in [0.717, 1.165) is 4.90 Å². The van der Waals surface area contributed by atoms with Crippen LogP contribution in [0.15, 0.2) is 12.7 Å².